The first-order chi connectivity index (χ1) is 8.70. The third-order valence-corrected chi connectivity index (χ3v) is 3.19. The number of benzene rings is 1. The largest absolute Gasteiger partial charge is 0.350 e. The van der Waals surface area contributed by atoms with E-state index in [-0.39, 0.29) is 18.1 Å². The lowest BCUT2D eigenvalue weighted by molar-refractivity contribution is -0.0529. The molecule has 0 radical (unpaired) electrons. The fourth-order valence-electron chi connectivity index (χ4n) is 2.29. The smallest absolute Gasteiger partial charge is 0.159 e. The molecule has 18 heavy (non-hydrogen) atoms. The fraction of sp³-hybridized carbons (Fsp3) is 0.571. The van der Waals surface area contributed by atoms with Crippen LogP contribution in [0, 0.1) is 12.7 Å². The van der Waals surface area contributed by atoms with E-state index < -0.39 is 0 Å². The van der Waals surface area contributed by atoms with Crippen LogP contribution in [-0.2, 0) is 9.47 Å². The number of ether oxygens (including phenoxy) is 2. The predicted octanol–water partition coefficient (Wildman–Crippen LogP) is 2.55. The molecule has 0 spiro atoms. The van der Waals surface area contributed by atoms with Gasteiger partial charge in [0.2, 0.25) is 0 Å². The second kappa shape index (κ2) is 6.27. The molecule has 1 aromatic carbocycles. The first-order valence-corrected chi connectivity index (χ1v) is 6.43. The van der Waals surface area contributed by atoms with Gasteiger partial charge in [-0.2, -0.15) is 0 Å². The van der Waals surface area contributed by atoms with Crippen LogP contribution in [0.15, 0.2) is 18.2 Å². The molecule has 1 aromatic rings. The van der Waals surface area contributed by atoms with E-state index >= 15 is 0 Å². The van der Waals surface area contributed by atoms with Gasteiger partial charge < -0.3 is 14.8 Å². The summed E-state index contributed by atoms with van der Waals surface area (Å²) in [5.41, 5.74) is 2.07. The molecule has 1 N–H and O–H groups in total. The van der Waals surface area contributed by atoms with Gasteiger partial charge in [-0.15, -0.1) is 0 Å². The summed E-state index contributed by atoms with van der Waals surface area (Å²) in [6.07, 6.45) is 0.523. The molecule has 1 heterocycles. The van der Waals surface area contributed by atoms with E-state index in [2.05, 4.69) is 5.32 Å². The summed E-state index contributed by atoms with van der Waals surface area (Å²) in [6.45, 7) is 6.15. The molecule has 1 saturated heterocycles. The number of hydrogen-bond donors (Lipinski definition) is 1. The molecule has 0 bridgehead atoms. The molecule has 3 nitrogen and oxygen atoms in total. The zero-order valence-electron chi connectivity index (χ0n) is 10.9. The van der Waals surface area contributed by atoms with Crippen LogP contribution in [-0.4, -0.2) is 26.0 Å². The highest BCUT2D eigenvalue weighted by atomic mass is 19.1. The van der Waals surface area contributed by atoms with Gasteiger partial charge in [0, 0.05) is 12.5 Å². The first kappa shape index (κ1) is 13.5. The Hall–Kier alpha value is -0.970. The van der Waals surface area contributed by atoms with Crippen LogP contribution < -0.4 is 5.32 Å². The molecule has 2 rings (SSSR count). The van der Waals surface area contributed by atoms with E-state index in [1.54, 1.807) is 6.07 Å². The van der Waals surface area contributed by atoms with E-state index in [0.29, 0.717) is 19.6 Å². The van der Waals surface area contributed by atoms with Crippen LogP contribution in [0.25, 0.3) is 0 Å². The lowest BCUT2D eigenvalue weighted by atomic mass is 9.98. The maximum Gasteiger partial charge on any atom is 0.159 e. The van der Waals surface area contributed by atoms with E-state index in [9.17, 15) is 4.39 Å². The summed E-state index contributed by atoms with van der Waals surface area (Å²) in [5, 5.41) is 3.37. The van der Waals surface area contributed by atoms with Crippen molar-refractivity contribution >= 4 is 0 Å². The Kier molecular flexibility index (Phi) is 4.69. The van der Waals surface area contributed by atoms with E-state index in [1.165, 1.54) is 6.07 Å². The lowest BCUT2D eigenvalue weighted by Crippen LogP contribution is -2.26. The van der Waals surface area contributed by atoms with Crippen molar-refractivity contribution < 1.29 is 13.9 Å². The monoisotopic (exact) mass is 253 g/mol. The summed E-state index contributed by atoms with van der Waals surface area (Å²) >= 11 is 0. The Morgan fingerprint density at radius 3 is 2.78 bits per heavy atom. The van der Waals surface area contributed by atoms with Crippen LogP contribution in [0.4, 0.5) is 4.39 Å². The Labute approximate surface area is 107 Å². The van der Waals surface area contributed by atoms with Gasteiger partial charge in [0.25, 0.3) is 0 Å². The van der Waals surface area contributed by atoms with Crippen molar-refractivity contribution in [2.45, 2.75) is 32.6 Å². The van der Waals surface area contributed by atoms with Crippen molar-refractivity contribution in [2.75, 3.05) is 19.8 Å². The highest BCUT2D eigenvalue weighted by Gasteiger charge is 2.23. The van der Waals surface area contributed by atoms with Gasteiger partial charge in [-0.3, -0.25) is 0 Å². The van der Waals surface area contributed by atoms with E-state index in [0.717, 1.165) is 17.7 Å². The van der Waals surface area contributed by atoms with E-state index in [4.69, 9.17) is 9.47 Å². The Morgan fingerprint density at radius 2 is 2.11 bits per heavy atom. The SMILES string of the molecule is CCNC(CC1OCCO1)c1cc(F)ccc1C. The Balaban J connectivity index is 2.14. The van der Waals surface area contributed by atoms with Crippen LogP contribution in [0.1, 0.15) is 30.5 Å². The van der Waals surface area contributed by atoms with Crippen LogP contribution in [0.3, 0.4) is 0 Å². The number of halogens is 1. The van der Waals surface area contributed by atoms with Crippen molar-refractivity contribution in [2.24, 2.45) is 0 Å². The standard InChI is InChI=1S/C14H20FNO2/c1-3-16-13(9-14-17-6-7-18-14)12-8-11(15)5-4-10(12)2/h4-5,8,13-14,16H,3,6-7,9H2,1-2H3. The number of aryl methyl sites for hydroxylation is 1. The van der Waals surface area contributed by atoms with Crippen LogP contribution >= 0.6 is 0 Å². The Morgan fingerprint density at radius 1 is 1.39 bits per heavy atom. The molecule has 0 aliphatic carbocycles. The van der Waals surface area contributed by atoms with Crippen molar-refractivity contribution in [3.8, 4) is 0 Å². The van der Waals surface area contributed by atoms with Gasteiger partial charge >= 0.3 is 0 Å². The second-order valence-corrected chi connectivity index (χ2v) is 4.52. The van der Waals surface area contributed by atoms with Crippen molar-refractivity contribution in [3.63, 3.8) is 0 Å². The molecule has 1 aliphatic rings. The third-order valence-electron chi connectivity index (χ3n) is 3.19. The zero-order valence-corrected chi connectivity index (χ0v) is 10.9. The average molecular weight is 253 g/mol. The highest BCUT2D eigenvalue weighted by Crippen LogP contribution is 2.25. The normalized spacial score (nSPS) is 18.2. The minimum atomic E-state index is -0.202. The molecular formula is C14H20FNO2. The molecule has 0 saturated carbocycles. The van der Waals surface area contributed by atoms with Crippen molar-refractivity contribution in [1.82, 2.24) is 5.32 Å². The minimum absolute atomic E-state index is 0.0637. The van der Waals surface area contributed by atoms with Crippen LogP contribution in [0.5, 0.6) is 0 Å². The van der Waals surface area contributed by atoms with Crippen molar-refractivity contribution in [3.05, 3.63) is 35.1 Å². The molecular weight excluding hydrogens is 233 g/mol. The summed E-state index contributed by atoms with van der Waals surface area (Å²) in [7, 11) is 0. The van der Waals surface area contributed by atoms with Gasteiger partial charge in [0.05, 0.1) is 13.2 Å². The maximum absolute atomic E-state index is 13.4. The highest BCUT2D eigenvalue weighted by molar-refractivity contribution is 5.29. The summed E-state index contributed by atoms with van der Waals surface area (Å²) < 4.78 is 24.3. The molecule has 0 aromatic heterocycles. The Bertz CT molecular complexity index is 391. The summed E-state index contributed by atoms with van der Waals surface area (Å²) in [4.78, 5) is 0. The first-order valence-electron chi connectivity index (χ1n) is 6.43. The van der Waals surface area contributed by atoms with Gasteiger partial charge in [0.1, 0.15) is 5.82 Å². The van der Waals surface area contributed by atoms with Gasteiger partial charge in [-0.05, 0) is 36.7 Å². The molecule has 100 valence electrons. The predicted molar refractivity (Wildman–Crippen MR) is 67.9 cm³/mol. The van der Waals surface area contributed by atoms with E-state index in [1.807, 2.05) is 19.9 Å². The zero-order chi connectivity index (χ0) is 13.0. The summed E-state index contributed by atoms with van der Waals surface area (Å²) in [6, 6.07) is 4.96. The fourth-order valence-corrected chi connectivity index (χ4v) is 2.29. The molecule has 1 fully saturated rings. The molecule has 1 unspecified atom stereocenters. The quantitative estimate of drug-likeness (QED) is 0.874. The lowest BCUT2D eigenvalue weighted by Gasteiger charge is -2.22. The molecule has 1 atom stereocenters. The van der Waals surface area contributed by atoms with Crippen molar-refractivity contribution in [1.29, 1.82) is 0 Å². The number of nitrogens with one attached hydrogen (secondary N) is 1. The number of rotatable bonds is 5. The maximum atomic E-state index is 13.4. The molecule has 0 amide bonds. The van der Waals surface area contributed by atoms with Gasteiger partial charge in [-0.1, -0.05) is 13.0 Å². The molecule has 4 heteroatoms. The summed E-state index contributed by atoms with van der Waals surface area (Å²) in [5.74, 6) is -0.202. The third kappa shape index (κ3) is 3.28. The van der Waals surface area contributed by atoms with Gasteiger partial charge in [0.15, 0.2) is 6.29 Å². The molecule has 1 aliphatic heterocycles. The van der Waals surface area contributed by atoms with Crippen LogP contribution in [0.2, 0.25) is 0 Å². The minimum Gasteiger partial charge on any atom is -0.350 e. The van der Waals surface area contributed by atoms with Gasteiger partial charge in [-0.25, -0.2) is 4.39 Å². The average Bonchev–Trinajstić information content (AvgIpc) is 2.85. The number of hydrogen-bond acceptors (Lipinski definition) is 3. The topological polar surface area (TPSA) is 30.5 Å². The second-order valence-electron chi connectivity index (χ2n) is 4.52.